The maximum Gasteiger partial charge on any atom is 0.214 e. The summed E-state index contributed by atoms with van der Waals surface area (Å²) in [5.74, 6) is 0. The maximum absolute atomic E-state index is 12.1. The number of unbranched alkanes of at least 4 members (excludes halogenated alkanes) is 14. The molecule has 224 valence electrons. The fourth-order valence-corrected chi connectivity index (χ4v) is 6.09. The highest BCUT2D eigenvalue weighted by molar-refractivity contribution is 5.77. The van der Waals surface area contributed by atoms with E-state index in [0.717, 1.165) is 31.6 Å². The minimum Gasteiger partial charge on any atom is -0.313 e. The van der Waals surface area contributed by atoms with Crippen molar-refractivity contribution in [2.75, 3.05) is 31.1 Å². The summed E-state index contributed by atoms with van der Waals surface area (Å²) in [5.41, 5.74) is 2.30. The number of hydrogen-bond donors (Lipinski definition) is 1. The Hall–Kier alpha value is -1.39. The van der Waals surface area contributed by atoms with Crippen LogP contribution < -0.4 is 10.2 Å². The summed E-state index contributed by atoms with van der Waals surface area (Å²) < 4.78 is 0. The highest BCUT2D eigenvalue weighted by atomic mass is 16.1. The van der Waals surface area contributed by atoms with Gasteiger partial charge in [-0.2, -0.15) is 0 Å². The molecule has 0 spiro atoms. The molecule has 1 saturated heterocycles. The van der Waals surface area contributed by atoms with Gasteiger partial charge in [0.15, 0.2) is 0 Å². The maximum atomic E-state index is 12.1. The number of carbonyl (C=O) groups is 1. The molecule has 0 bridgehead atoms. The molecule has 0 radical (unpaired) electrons. The number of piperidine rings is 1. The van der Waals surface area contributed by atoms with Crippen molar-refractivity contribution in [3.05, 3.63) is 29.8 Å². The lowest BCUT2D eigenvalue weighted by molar-refractivity contribution is -0.107. The number of para-hydroxylation sites is 1. The van der Waals surface area contributed by atoms with Crippen LogP contribution in [-0.4, -0.2) is 43.5 Å². The molecule has 39 heavy (non-hydrogen) atoms. The average molecular weight is 542 g/mol. The monoisotopic (exact) mass is 541 g/mol. The number of nitrogens with zero attached hydrogens (tertiary/aromatic N) is 2. The van der Waals surface area contributed by atoms with Crippen LogP contribution in [0, 0.1) is 0 Å². The first kappa shape index (κ1) is 33.8. The molecule has 4 heteroatoms. The summed E-state index contributed by atoms with van der Waals surface area (Å²) in [4.78, 5) is 16.7. The smallest absolute Gasteiger partial charge is 0.214 e. The number of likely N-dealkylation sites (tertiary alicyclic amines) is 1. The van der Waals surface area contributed by atoms with Gasteiger partial charge in [-0.05, 0) is 70.4 Å². The van der Waals surface area contributed by atoms with Crippen molar-refractivity contribution in [2.24, 2.45) is 0 Å². The van der Waals surface area contributed by atoms with E-state index in [4.69, 9.17) is 0 Å². The van der Waals surface area contributed by atoms with Gasteiger partial charge in [-0.15, -0.1) is 0 Å². The molecule has 1 aliphatic heterocycles. The summed E-state index contributed by atoms with van der Waals surface area (Å²) in [6.07, 6.45) is 28.3. The Kier molecular flexibility index (Phi) is 20.2. The Labute approximate surface area is 242 Å². The van der Waals surface area contributed by atoms with E-state index in [9.17, 15) is 4.79 Å². The molecule has 1 aliphatic rings. The number of nitrogens with one attached hydrogen (secondary N) is 1. The van der Waals surface area contributed by atoms with E-state index < -0.39 is 0 Å². The van der Waals surface area contributed by atoms with E-state index in [-0.39, 0.29) is 6.04 Å². The lowest BCUT2D eigenvalue weighted by Crippen LogP contribution is -2.33. The lowest BCUT2D eigenvalue weighted by Gasteiger charge is -2.28. The van der Waals surface area contributed by atoms with Crippen LogP contribution in [0.3, 0.4) is 0 Å². The molecular weight excluding hydrogens is 478 g/mol. The second-order valence-electron chi connectivity index (χ2n) is 12.2. The van der Waals surface area contributed by atoms with Crippen LogP contribution in [0.2, 0.25) is 0 Å². The number of amides is 1. The Balaban J connectivity index is 1.53. The molecule has 0 aliphatic carbocycles. The van der Waals surface area contributed by atoms with E-state index in [0.29, 0.717) is 0 Å². The first-order valence-electron chi connectivity index (χ1n) is 17.0. The Morgan fingerprint density at radius 3 is 1.95 bits per heavy atom. The summed E-state index contributed by atoms with van der Waals surface area (Å²) in [5, 5.41) is 3.63. The van der Waals surface area contributed by atoms with Gasteiger partial charge in [0, 0.05) is 18.3 Å². The first-order valence-corrected chi connectivity index (χ1v) is 17.0. The Bertz CT molecular complexity index is 703. The van der Waals surface area contributed by atoms with E-state index in [1.165, 1.54) is 147 Å². The number of anilines is 1. The van der Waals surface area contributed by atoms with Crippen molar-refractivity contribution in [3.63, 3.8) is 0 Å². The topological polar surface area (TPSA) is 35.6 Å². The predicted molar refractivity (Wildman–Crippen MR) is 171 cm³/mol. The van der Waals surface area contributed by atoms with Crippen LogP contribution in [-0.2, 0) is 11.3 Å². The van der Waals surface area contributed by atoms with Crippen LogP contribution in [0.1, 0.15) is 148 Å². The Morgan fingerprint density at radius 2 is 1.36 bits per heavy atom. The fraction of sp³-hybridized carbons (Fsp3) is 0.800. The molecule has 1 heterocycles. The van der Waals surface area contributed by atoms with Crippen molar-refractivity contribution in [1.29, 1.82) is 0 Å². The summed E-state index contributed by atoms with van der Waals surface area (Å²) in [7, 11) is 0. The molecule has 4 nitrogen and oxygen atoms in total. The van der Waals surface area contributed by atoms with Gasteiger partial charge in [-0.1, -0.05) is 128 Å². The van der Waals surface area contributed by atoms with Gasteiger partial charge in [0.2, 0.25) is 6.41 Å². The van der Waals surface area contributed by atoms with Gasteiger partial charge in [0.1, 0.15) is 0 Å². The third-order valence-electron chi connectivity index (χ3n) is 8.68. The number of hydrogen-bond acceptors (Lipinski definition) is 3. The predicted octanol–water partition coefficient (Wildman–Crippen LogP) is 9.27. The molecule has 0 saturated carbocycles. The second-order valence-corrected chi connectivity index (χ2v) is 12.2. The Morgan fingerprint density at radius 1 is 0.795 bits per heavy atom. The van der Waals surface area contributed by atoms with E-state index >= 15 is 0 Å². The SMILES string of the molecule is CCCCCCCCCCCCCCCCCC(C)N(C=O)c1ccccc1CNCCCN1CCCCC1. The van der Waals surface area contributed by atoms with Crippen molar-refractivity contribution in [3.8, 4) is 0 Å². The van der Waals surface area contributed by atoms with Gasteiger partial charge in [-0.25, -0.2) is 0 Å². The zero-order chi connectivity index (χ0) is 27.8. The minimum atomic E-state index is 0.240. The lowest BCUT2D eigenvalue weighted by atomic mass is 10.0. The van der Waals surface area contributed by atoms with E-state index in [1.54, 1.807) is 0 Å². The average Bonchev–Trinajstić information content (AvgIpc) is 2.96. The molecule has 1 aromatic carbocycles. The first-order chi connectivity index (χ1) is 19.3. The van der Waals surface area contributed by atoms with Crippen molar-refractivity contribution < 1.29 is 4.79 Å². The molecule has 1 unspecified atom stereocenters. The minimum absolute atomic E-state index is 0.240. The van der Waals surface area contributed by atoms with Crippen LogP contribution in [0.15, 0.2) is 24.3 Å². The van der Waals surface area contributed by atoms with Gasteiger partial charge in [0.25, 0.3) is 0 Å². The molecule has 1 fully saturated rings. The normalized spacial score (nSPS) is 14.9. The van der Waals surface area contributed by atoms with E-state index in [1.807, 2.05) is 4.90 Å². The van der Waals surface area contributed by atoms with Crippen LogP contribution in [0.25, 0.3) is 0 Å². The van der Waals surface area contributed by atoms with Crippen LogP contribution >= 0.6 is 0 Å². The zero-order valence-electron chi connectivity index (χ0n) is 25.9. The molecular formula is C35H63N3O. The molecule has 1 aromatic rings. The van der Waals surface area contributed by atoms with E-state index in [2.05, 4.69) is 48.3 Å². The van der Waals surface area contributed by atoms with Crippen molar-refractivity contribution in [1.82, 2.24) is 10.2 Å². The fourth-order valence-electron chi connectivity index (χ4n) is 6.09. The largest absolute Gasteiger partial charge is 0.313 e. The van der Waals surface area contributed by atoms with Gasteiger partial charge >= 0.3 is 0 Å². The molecule has 0 aromatic heterocycles. The quantitative estimate of drug-likeness (QED) is 0.0989. The number of carbonyl (C=O) groups excluding carboxylic acids is 1. The third kappa shape index (κ3) is 15.8. The number of benzene rings is 1. The molecule has 2 rings (SSSR count). The highest BCUT2D eigenvalue weighted by Gasteiger charge is 2.16. The molecule has 1 N–H and O–H groups in total. The highest BCUT2D eigenvalue weighted by Crippen LogP contribution is 2.24. The van der Waals surface area contributed by atoms with Gasteiger partial charge < -0.3 is 15.1 Å². The van der Waals surface area contributed by atoms with Crippen LogP contribution in [0.4, 0.5) is 5.69 Å². The van der Waals surface area contributed by atoms with Gasteiger partial charge in [0.05, 0.1) is 0 Å². The van der Waals surface area contributed by atoms with Crippen molar-refractivity contribution >= 4 is 12.1 Å². The summed E-state index contributed by atoms with van der Waals surface area (Å²) in [6.45, 7) is 10.1. The third-order valence-corrected chi connectivity index (χ3v) is 8.68. The zero-order valence-corrected chi connectivity index (χ0v) is 25.9. The summed E-state index contributed by atoms with van der Waals surface area (Å²) in [6, 6.07) is 8.68. The van der Waals surface area contributed by atoms with Gasteiger partial charge in [-0.3, -0.25) is 4.79 Å². The van der Waals surface area contributed by atoms with Crippen LogP contribution in [0.5, 0.6) is 0 Å². The number of rotatable bonds is 25. The second kappa shape index (κ2) is 23.3. The standard InChI is InChI=1S/C35H63N3O/c1-3-4-5-6-7-8-9-10-11-12-13-14-15-16-18-24-33(2)38(32-39)35-26-20-19-25-34(35)31-36-27-23-30-37-28-21-17-22-29-37/h19-20,25-26,32-33,36H,3-18,21-24,27-31H2,1-2H3. The summed E-state index contributed by atoms with van der Waals surface area (Å²) >= 11 is 0. The molecule has 1 amide bonds. The van der Waals surface area contributed by atoms with Crippen molar-refractivity contribution in [2.45, 2.75) is 155 Å². The molecule has 1 atom stereocenters.